The lowest BCUT2D eigenvalue weighted by atomic mass is 10.3. The summed E-state index contributed by atoms with van der Waals surface area (Å²) in [5.41, 5.74) is 0. The van der Waals surface area contributed by atoms with Gasteiger partial charge in [0.25, 0.3) is 0 Å². The fraction of sp³-hybridized carbons (Fsp3) is 0.500. The van der Waals surface area contributed by atoms with Crippen molar-refractivity contribution in [3.05, 3.63) is 21.3 Å². The van der Waals surface area contributed by atoms with E-state index in [1.165, 1.54) is 11.3 Å². The fourth-order valence-electron chi connectivity index (χ4n) is 1.79. The molecule has 1 aliphatic heterocycles. The van der Waals surface area contributed by atoms with Crippen LogP contribution in [-0.4, -0.2) is 30.4 Å². The zero-order chi connectivity index (χ0) is 10.8. The quantitative estimate of drug-likeness (QED) is 0.878. The molecule has 1 fully saturated rings. The molecule has 1 unspecified atom stereocenters. The van der Waals surface area contributed by atoms with Crippen molar-refractivity contribution in [2.75, 3.05) is 13.6 Å². The monoisotopic (exact) mass is 244 g/mol. The number of thiophene rings is 1. The van der Waals surface area contributed by atoms with Crippen LogP contribution in [-0.2, 0) is 11.3 Å². The topological polar surface area (TPSA) is 32.3 Å². The number of carbonyl (C=O) groups excluding carboxylic acids is 1. The van der Waals surface area contributed by atoms with E-state index in [-0.39, 0.29) is 11.9 Å². The molecule has 0 saturated carbocycles. The van der Waals surface area contributed by atoms with Crippen LogP contribution in [0.5, 0.6) is 0 Å². The minimum Gasteiger partial charge on any atom is -0.336 e. The molecule has 5 heteroatoms. The van der Waals surface area contributed by atoms with Crippen LogP contribution in [0.1, 0.15) is 11.3 Å². The highest BCUT2D eigenvalue weighted by molar-refractivity contribution is 7.16. The third-order valence-electron chi connectivity index (χ3n) is 2.62. The zero-order valence-electron chi connectivity index (χ0n) is 8.50. The number of likely N-dealkylation sites (tertiary alicyclic amines) is 1. The predicted octanol–water partition coefficient (Wildman–Crippen LogP) is 1.72. The Morgan fingerprint density at radius 2 is 2.47 bits per heavy atom. The molecular weight excluding hydrogens is 232 g/mol. The summed E-state index contributed by atoms with van der Waals surface area (Å²) in [5, 5.41) is 3.02. The fourth-order valence-corrected chi connectivity index (χ4v) is 2.89. The summed E-state index contributed by atoms with van der Waals surface area (Å²) in [6.45, 7) is 1.52. The summed E-state index contributed by atoms with van der Waals surface area (Å²) < 4.78 is 0.779. The first-order valence-electron chi connectivity index (χ1n) is 4.91. The van der Waals surface area contributed by atoms with Crippen molar-refractivity contribution in [3.63, 3.8) is 0 Å². The van der Waals surface area contributed by atoms with Crippen LogP contribution in [0.25, 0.3) is 0 Å². The Labute approximate surface area is 98.0 Å². The molecule has 2 heterocycles. The number of carbonyl (C=O) groups is 1. The summed E-state index contributed by atoms with van der Waals surface area (Å²) in [4.78, 5) is 14.8. The van der Waals surface area contributed by atoms with E-state index in [4.69, 9.17) is 11.6 Å². The van der Waals surface area contributed by atoms with E-state index in [2.05, 4.69) is 5.32 Å². The van der Waals surface area contributed by atoms with Crippen LogP contribution in [0, 0.1) is 0 Å². The number of likely N-dealkylation sites (N-methyl/N-ethyl adjacent to an activating group) is 1. The Bertz CT molecular complexity index is 366. The maximum atomic E-state index is 11.8. The average Bonchev–Trinajstić information content (AvgIpc) is 2.76. The van der Waals surface area contributed by atoms with Crippen LogP contribution in [0.15, 0.2) is 12.1 Å². The van der Waals surface area contributed by atoms with Crippen LogP contribution < -0.4 is 5.32 Å². The van der Waals surface area contributed by atoms with Crippen LogP contribution in [0.4, 0.5) is 0 Å². The van der Waals surface area contributed by atoms with Gasteiger partial charge >= 0.3 is 0 Å². The van der Waals surface area contributed by atoms with Crippen LogP contribution in [0.3, 0.4) is 0 Å². The Hall–Kier alpha value is -0.580. The van der Waals surface area contributed by atoms with Gasteiger partial charge in [-0.25, -0.2) is 0 Å². The first-order valence-corrected chi connectivity index (χ1v) is 6.10. The van der Waals surface area contributed by atoms with E-state index in [9.17, 15) is 4.79 Å². The number of hydrogen-bond donors (Lipinski definition) is 1. The lowest BCUT2D eigenvalue weighted by molar-refractivity contribution is -0.129. The van der Waals surface area contributed by atoms with E-state index in [1.807, 2.05) is 24.1 Å². The van der Waals surface area contributed by atoms with Crippen molar-refractivity contribution < 1.29 is 4.79 Å². The molecule has 2 rings (SSSR count). The van der Waals surface area contributed by atoms with E-state index in [0.29, 0.717) is 6.54 Å². The molecule has 1 aromatic rings. The number of hydrogen-bond acceptors (Lipinski definition) is 3. The van der Waals surface area contributed by atoms with E-state index < -0.39 is 0 Å². The second-order valence-electron chi connectivity index (χ2n) is 3.60. The van der Waals surface area contributed by atoms with Crippen molar-refractivity contribution >= 4 is 28.8 Å². The number of nitrogens with zero attached hydrogens (tertiary/aromatic N) is 1. The smallest absolute Gasteiger partial charge is 0.240 e. The van der Waals surface area contributed by atoms with E-state index in [0.717, 1.165) is 22.2 Å². The predicted molar refractivity (Wildman–Crippen MR) is 62.2 cm³/mol. The molecule has 0 spiro atoms. The molecule has 0 aliphatic carbocycles. The normalized spacial score (nSPS) is 21.3. The SMILES string of the molecule is CNC1CCN(Cc2ccc(Cl)s2)C1=O. The van der Waals surface area contributed by atoms with Gasteiger partial charge in [0.1, 0.15) is 0 Å². The molecule has 0 bridgehead atoms. The van der Waals surface area contributed by atoms with Gasteiger partial charge < -0.3 is 10.2 Å². The number of rotatable bonds is 3. The second kappa shape index (κ2) is 4.51. The molecule has 1 saturated heterocycles. The molecule has 1 aromatic heterocycles. The molecule has 1 aliphatic rings. The van der Waals surface area contributed by atoms with Gasteiger partial charge in [0, 0.05) is 11.4 Å². The van der Waals surface area contributed by atoms with E-state index >= 15 is 0 Å². The van der Waals surface area contributed by atoms with Crippen LogP contribution in [0.2, 0.25) is 4.34 Å². The molecule has 1 N–H and O–H groups in total. The average molecular weight is 245 g/mol. The maximum Gasteiger partial charge on any atom is 0.240 e. The van der Waals surface area contributed by atoms with Gasteiger partial charge in [-0.3, -0.25) is 4.79 Å². The van der Waals surface area contributed by atoms with Crippen molar-refractivity contribution in [3.8, 4) is 0 Å². The first kappa shape index (κ1) is 10.9. The van der Waals surface area contributed by atoms with Crippen molar-refractivity contribution in [2.45, 2.75) is 19.0 Å². The third-order valence-corrected chi connectivity index (χ3v) is 3.84. The van der Waals surface area contributed by atoms with Gasteiger partial charge in [-0.05, 0) is 25.6 Å². The van der Waals surface area contributed by atoms with Crippen molar-refractivity contribution in [1.82, 2.24) is 10.2 Å². The summed E-state index contributed by atoms with van der Waals surface area (Å²) in [6.07, 6.45) is 0.897. The number of amides is 1. The molecule has 1 amide bonds. The number of halogens is 1. The van der Waals surface area contributed by atoms with Gasteiger partial charge in [-0.2, -0.15) is 0 Å². The zero-order valence-corrected chi connectivity index (χ0v) is 10.1. The largest absolute Gasteiger partial charge is 0.336 e. The Morgan fingerprint density at radius 3 is 3.00 bits per heavy atom. The Morgan fingerprint density at radius 1 is 1.67 bits per heavy atom. The molecule has 15 heavy (non-hydrogen) atoms. The molecule has 0 aromatic carbocycles. The van der Waals surface area contributed by atoms with Crippen molar-refractivity contribution in [2.24, 2.45) is 0 Å². The van der Waals surface area contributed by atoms with Crippen molar-refractivity contribution in [1.29, 1.82) is 0 Å². The lowest BCUT2D eigenvalue weighted by Gasteiger charge is -2.15. The lowest BCUT2D eigenvalue weighted by Crippen LogP contribution is -2.35. The van der Waals surface area contributed by atoms with Gasteiger partial charge in [-0.1, -0.05) is 11.6 Å². The highest BCUT2D eigenvalue weighted by atomic mass is 35.5. The molecule has 82 valence electrons. The summed E-state index contributed by atoms with van der Waals surface area (Å²) in [7, 11) is 1.83. The highest BCUT2D eigenvalue weighted by Gasteiger charge is 2.30. The Kier molecular flexibility index (Phi) is 3.29. The summed E-state index contributed by atoms with van der Waals surface area (Å²) in [5.74, 6) is 0.196. The first-order chi connectivity index (χ1) is 7.20. The van der Waals surface area contributed by atoms with Crippen LogP contribution >= 0.6 is 22.9 Å². The molecule has 3 nitrogen and oxygen atoms in total. The second-order valence-corrected chi connectivity index (χ2v) is 5.40. The third kappa shape index (κ3) is 2.33. The van der Waals surface area contributed by atoms with Gasteiger partial charge in [0.15, 0.2) is 0 Å². The molecule has 0 radical (unpaired) electrons. The standard InChI is InChI=1S/C10H13ClN2OS/c1-12-8-4-5-13(10(8)14)6-7-2-3-9(11)15-7/h2-3,8,12H,4-6H2,1H3. The van der Waals surface area contributed by atoms with Gasteiger partial charge in [0.2, 0.25) is 5.91 Å². The van der Waals surface area contributed by atoms with Gasteiger partial charge in [-0.15, -0.1) is 11.3 Å². The number of nitrogens with one attached hydrogen (secondary N) is 1. The minimum absolute atomic E-state index is 0.000402. The Balaban J connectivity index is 1.99. The highest BCUT2D eigenvalue weighted by Crippen LogP contribution is 2.24. The summed E-state index contributed by atoms with van der Waals surface area (Å²) >= 11 is 7.38. The summed E-state index contributed by atoms with van der Waals surface area (Å²) in [6, 6.07) is 3.85. The molecule has 1 atom stereocenters. The van der Waals surface area contributed by atoms with Gasteiger partial charge in [0.05, 0.1) is 16.9 Å². The molecular formula is C10H13ClN2OS. The van der Waals surface area contributed by atoms with E-state index in [1.54, 1.807) is 0 Å². The minimum atomic E-state index is 0.000402. The maximum absolute atomic E-state index is 11.8.